The number of rotatable bonds is 6. The average Bonchev–Trinajstić information content (AvgIpc) is 3.40. The molecule has 1 aliphatic rings. The number of fused-ring (bicyclic) bond motifs is 2. The first-order chi connectivity index (χ1) is 16.9. The van der Waals surface area contributed by atoms with E-state index in [0.29, 0.717) is 40.5 Å². The van der Waals surface area contributed by atoms with E-state index in [2.05, 4.69) is 15.0 Å². The van der Waals surface area contributed by atoms with Gasteiger partial charge in [-0.15, -0.1) is 4.40 Å². The summed E-state index contributed by atoms with van der Waals surface area (Å²) in [6, 6.07) is 20.6. The Morgan fingerprint density at radius 2 is 1.83 bits per heavy atom. The molecule has 35 heavy (non-hydrogen) atoms. The highest BCUT2D eigenvalue weighted by atomic mass is 32.2. The Balaban J connectivity index is 1.28. The Hall–Kier alpha value is -4.11. The van der Waals surface area contributed by atoms with Crippen LogP contribution >= 0.6 is 0 Å². The summed E-state index contributed by atoms with van der Waals surface area (Å²) in [5, 5.41) is 6.88. The smallest absolute Gasteiger partial charge is 0.285 e. The fraction of sp³-hybridized carbons (Fsp3) is 0.154. The van der Waals surface area contributed by atoms with Crippen molar-refractivity contribution in [3.63, 3.8) is 0 Å². The normalized spacial score (nSPS) is 14.7. The summed E-state index contributed by atoms with van der Waals surface area (Å²) in [6.45, 7) is 4.29. The molecule has 0 radical (unpaired) electrons. The second-order valence-electron chi connectivity index (χ2n) is 8.06. The predicted octanol–water partition coefficient (Wildman–Crippen LogP) is 4.88. The van der Waals surface area contributed by atoms with Crippen LogP contribution in [0.1, 0.15) is 41.6 Å². The first-order valence-electron chi connectivity index (χ1n) is 11.1. The number of nitrogens with zero attached hydrogens (tertiary/aromatic N) is 1. The van der Waals surface area contributed by atoms with Crippen molar-refractivity contribution < 1.29 is 22.4 Å². The fourth-order valence-electron chi connectivity index (χ4n) is 3.93. The second-order valence-corrected chi connectivity index (χ2v) is 9.64. The van der Waals surface area contributed by atoms with Gasteiger partial charge < -0.3 is 19.8 Å². The topological polar surface area (TPSA) is 110 Å². The van der Waals surface area contributed by atoms with E-state index < -0.39 is 10.0 Å². The van der Waals surface area contributed by atoms with Crippen LogP contribution in [0, 0.1) is 0 Å². The number of hydrogen-bond acceptors (Lipinski definition) is 6. The number of sulfonamides is 1. The van der Waals surface area contributed by atoms with Crippen molar-refractivity contribution in [1.29, 1.82) is 0 Å². The van der Waals surface area contributed by atoms with Crippen molar-refractivity contribution in [3.05, 3.63) is 89.7 Å². The molecule has 3 aromatic carbocycles. The number of ether oxygens (including phenoxy) is 1. The fourth-order valence-corrected chi connectivity index (χ4v) is 5.10. The Morgan fingerprint density at radius 3 is 2.60 bits per heavy atom. The standard InChI is InChI=1S/C26H23N3O5S/c1-3-33-21-9-6-7-18-15-22(34-24(18)21)16(2)27-26(30)17-11-13-19(14-12-17)28-25-20-8-4-5-10-23(20)35(31,32)29-25/h4-16H,3H2,1-2H3,(H,27,30)(H,28,29). The second kappa shape index (κ2) is 8.92. The third kappa shape index (κ3) is 4.38. The maximum Gasteiger partial charge on any atom is 0.285 e. The summed E-state index contributed by atoms with van der Waals surface area (Å²) in [5.41, 5.74) is 2.23. The van der Waals surface area contributed by atoms with Gasteiger partial charge in [0.2, 0.25) is 0 Å². The molecule has 0 spiro atoms. The van der Waals surface area contributed by atoms with Gasteiger partial charge in [-0.3, -0.25) is 4.79 Å². The lowest BCUT2D eigenvalue weighted by Gasteiger charge is -2.12. The van der Waals surface area contributed by atoms with E-state index in [1.807, 2.05) is 38.1 Å². The Kier molecular flexibility index (Phi) is 5.78. The maximum atomic E-state index is 12.8. The molecule has 0 aliphatic carbocycles. The van der Waals surface area contributed by atoms with Gasteiger partial charge in [-0.05, 0) is 62.4 Å². The van der Waals surface area contributed by atoms with E-state index >= 15 is 0 Å². The summed E-state index contributed by atoms with van der Waals surface area (Å²) in [7, 11) is -3.71. The van der Waals surface area contributed by atoms with Gasteiger partial charge in [0.15, 0.2) is 17.2 Å². The summed E-state index contributed by atoms with van der Waals surface area (Å²) >= 11 is 0. The molecule has 8 nitrogen and oxygen atoms in total. The van der Waals surface area contributed by atoms with Gasteiger partial charge in [-0.1, -0.05) is 24.3 Å². The van der Waals surface area contributed by atoms with Crippen LogP contribution in [-0.4, -0.2) is 26.8 Å². The minimum Gasteiger partial charge on any atom is -0.490 e. The van der Waals surface area contributed by atoms with E-state index in [4.69, 9.17) is 9.15 Å². The molecule has 1 aliphatic heterocycles. The first-order valence-corrected chi connectivity index (χ1v) is 12.6. The third-order valence-corrected chi connectivity index (χ3v) is 6.98. The molecule has 4 aromatic rings. The van der Waals surface area contributed by atoms with Crippen molar-refractivity contribution in [2.45, 2.75) is 24.8 Å². The number of carbonyl (C=O) groups is 1. The number of carbonyl (C=O) groups excluding carboxylic acids is 1. The number of anilines is 1. The van der Waals surface area contributed by atoms with Gasteiger partial charge in [0.25, 0.3) is 15.9 Å². The molecule has 1 atom stereocenters. The molecule has 2 N–H and O–H groups in total. The molecular weight excluding hydrogens is 466 g/mol. The molecule has 1 amide bonds. The highest BCUT2D eigenvalue weighted by Crippen LogP contribution is 2.31. The summed E-state index contributed by atoms with van der Waals surface area (Å²) in [5.74, 6) is 1.28. The van der Waals surface area contributed by atoms with Crippen molar-refractivity contribution in [2.24, 2.45) is 4.40 Å². The van der Waals surface area contributed by atoms with Crippen LogP contribution in [0.2, 0.25) is 0 Å². The maximum absolute atomic E-state index is 12.8. The number of nitrogens with one attached hydrogen (secondary N) is 2. The molecule has 0 saturated heterocycles. The number of amides is 1. The Bertz CT molecular complexity index is 1560. The molecule has 1 aromatic heterocycles. The molecule has 9 heteroatoms. The number of para-hydroxylation sites is 1. The van der Waals surface area contributed by atoms with Gasteiger partial charge in [-0.25, -0.2) is 0 Å². The minimum atomic E-state index is -3.71. The summed E-state index contributed by atoms with van der Waals surface area (Å²) in [4.78, 5) is 13.0. The first kappa shape index (κ1) is 22.7. The van der Waals surface area contributed by atoms with E-state index in [1.54, 1.807) is 42.5 Å². The van der Waals surface area contributed by atoms with Crippen LogP contribution in [0.4, 0.5) is 5.69 Å². The Morgan fingerprint density at radius 1 is 1.06 bits per heavy atom. The SMILES string of the molecule is CCOc1cccc2cc(C(C)NC(=O)c3ccc(NC4=NS(=O)(=O)c5ccccc54)cc3)oc12. The number of benzene rings is 3. The van der Waals surface area contributed by atoms with Crippen LogP contribution in [0.15, 0.2) is 86.5 Å². The van der Waals surface area contributed by atoms with Gasteiger partial charge in [0, 0.05) is 22.2 Å². The van der Waals surface area contributed by atoms with Crippen LogP contribution in [0.25, 0.3) is 11.0 Å². The van der Waals surface area contributed by atoms with Crippen LogP contribution in [0.3, 0.4) is 0 Å². The lowest BCUT2D eigenvalue weighted by atomic mass is 10.1. The molecule has 2 heterocycles. The lowest BCUT2D eigenvalue weighted by molar-refractivity contribution is 0.0935. The lowest BCUT2D eigenvalue weighted by Crippen LogP contribution is -2.26. The van der Waals surface area contributed by atoms with E-state index in [-0.39, 0.29) is 22.7 Å². The Labute approximate surface area is 202 Å². The summed E-state index contributed by atoms with van der Waals surface area (Å²) < 4.78 is 39.9. The average molecular weight is 490 g/mol. The highest BCUT2D eigenvalue weighted by molar-refractivity contribution is 7.90. The number of furan rings is 1. The summed E-state index contributed by atoms with van der Waals surface area (Å²) in [6.07, 6.45) is 0. The van der Waals surface area contributed by atoms with Gasteiger partial charge in [-0.2, -0.15) is 8.42 Å². The number of hydrogen-bond donors (Lipinski definition) is 2. The quantitative estimate of drug-likeness (QED) is 0.399. The molecule has 178 valence electrons. The van der Waals surface area contributed by atoms with Gasteiger partial charge in [0.1, 0.15) is 10.7 Å². The zero-order valence-electron chi connectivity index (χ0n) is 19.1. The van der Waals surface area contributed by atoms with E-state index in [9.17, 15) is 13.2 Å². The molecule has 5 rings (SSSR count). The van der Waals surface area contributed by atoms with Gasteiger partial charge in [0.05, 0.1) is 12.6 Å². The van der Waals surface area contributed by atoms with Crippen molar-refractivity contribution in [1.82, 2.24) is 5.32 Å². The molecule has 1 unspecified atom stereocenters. The van der Waals surface area contributed by atoms with Crippen LogP contribution < -0.4 is 15.4 Å². The largest absolute Gasteiger partial charge is 0.490 e. The zero-order chi connectivity index (χ0) is 24.6. The highest BCUT2D eigenvalue weighted by Gasteiger charge is 2.28. The minimum absolute atomic E-state index is 0.173. The van der Waals surface area contributed by atoms with E-state index in [0.717, 1.165) is 5.39 Å². The molecule has 0 saturated carbocycles. The van der Waals surface area contributed by atoms with Crippen molar-refractivity contribution in [3.8, 4) is 5.75 Å². The molecular formula is C26H23N3O5S. The van der Waals surface area contributed by atoms with Crippen LogP contribution in [0.5, 0.6) is 5.75 Å². The zero-order valence-corrected chi connectivity index (χ0v) is 19.9. The van der Waals surface area contributed by atoms with Crippen molar-refractivity contribution in [2.75, 3.05) is 11.9 Å². The number of amidine groups is 1. The van der Waals surface area contributed by atoms with Crippen molar-refractivity contribution >= 4 is 38.4 Å². The molecule has 0 fully saturated rings. The monoisotopic (exact) mass is 489 g/mol. The van der Waals surface area contributed by atoms with Crippen LogP contribution in [-0.2, 0) is 10.0 Å². The third-order valence-electron chi connectivity index (χ3n) is 5.64. The van der Waals surface area contributed by atoms with E-state index in [1.165, 1.54) is 6.07 Å². The molecule has 0 bridgehead atoms. The van der Waals surface area contributed by atoms with Gasteiger partial charge >= 0.3 is 0 Å². The predicted molar refractivity (Wildman–Crippen MR) is 133 cm³/mol.